The minimum absolute atomic E-state index is 0.444. The molecule has 5 heteroatoms. The monoisotopic (exact) mass is 326 g/mol. The first kappa shape index (κ1) is 15.8. The molecule has 0 saturated carbocycles. The van der Waals surface area contributed by atoms with Gasteiger partial charge in [0.15, 0.2) is 0 Å². The topological polar surface area (TPSA) is 52.8 Å². The van der Waals surface area contributed by atoms with Gasteiger partial charge in [0.05, 0.1) is 48.2 Å². The molecule has 3 heterocycles. The predicted molar refractivity (Wildman–Crippen MR) is 91.9 cm³/mol. The van der Waals surface area contributed by atoms with Gasteiger partial charge in [-0.1, -0.05) is 20.8 Å². The van der Waals surface area contributed by atoms with Crippen LogP contribution >= 0.6 is 0 Å². The second-order valence-electron chi connectivity index (χ2n) is 7.59. The summed E-state index contributed by atoms with van der Waals surface area (Å²) in [4.78, 5) is 9.50. The first-order valence-corrected chi connectivity index (χ1v) is 9.09. The molecule has 0 radical (unpaired) electrons. The van der Waals surface area contributed by atoms with E-state index in [-0.39, 0.29) is 0 Å². The predicted octanol–water partition coefficient (Wildman–Crippen LogP) is 3.24. The van der Waals surface area contributed by atoms with Gasteiger partial charge in [-0.3, -0.25) is 14.6 Å². The molecule has 2 aromatic rings. The van der Waals surface area contributed by atoms with Crippen molar-refractivity contribution >= 4 is 0 Å². The molecular formula is C19H26N4O. The van der Waals surface area contributed by atoms with Crippen molar-refractivity contribution in [2.75, 3.05) is 6.61 Å². The Bertz CT molecular complexity index is 713. The van der Waals surface area contributed by atoms with Gasteiger partial charge < -0.3 is 4.74 Å². The van der Waals surface area contributed by atoms with Gasteiger partial charge in [0.25, 0.3) is 0 Å². The fraction of sp³-hybridized carbons (Fsp3) is 0.632. The zero-order valence-corrected chi connectivity index (χ0v) is 14.8. The Balaban J connectivity index is 1.43. The Morgan fingerprint density at radius 3 is 2.83 bits per heavy atom. The molecule has 2 aromatic heterocycles. The van der Waals surface area contributed by atoms with E-state index in [0.29, 0.717) is 24.4 Å². The summed E-state index contributed by atoms with van der Waals surface area (Å²) < 4.78 is 7.63. The van der Waals surface area contributed by atoms with Gasteiger partial charge in [-0.25, -0.2) is 0 Å². The maximum Gasteiger partial charge on any atom is 0.0885 e. The Morgan fingerprint density at radius 2 is 2.04 bits per heavy atom. The molecule has 0 aromatic carbocycles. The van der Waals surface area contributed by atoms with E-state index in [4.69, 9.17) is 14.8 Å². The Morgan fingerprint density at radius 1 is 1.21 bits per heavy atom. The van der Waals surface area contributed by atoms with Gasteiger partial charge in [-0.05, 0) is 37.2 Å². The molecule has 0 amide bonds. The molecule has 0 saturated heterocycles. The highest BCUT2D eigenvalue weighted by Crippen LogP contribution is 2.33. The number of rotatable bonds is 4. The number of nitrogens with zero attached hydrogens (tertiary/aromatic N) is 4. The number of aromatic nitrogens is 4. The largest absolute Gasteiger partial charge is 0.373 e. The number of hydrogen-bond donors (Lipinski definition) is 0. The van der Waals surface area contributed by atoms with Gasteiger partial charge in [0.2, 0.25) is 0 Å². The van der Waals surface area contributed by atoms with Crippen LogP contribution < -0.4 is 0 Å². The SMILES string of the molecule is CC(C)c1cnc2c(n1)CC(CC(C)c1cc3n(n1)CCOC3)C2. The molecule has 2 unspecified atom stereocenters. The van der Waals surface area contributed by atoms with Crippen molar-refractivity contribution in [1.29, 1.82) is 0 Å². The van der Waals surface area contributed by atoms with Crippen molar-refractivity contribution in [3.05, 3.63) is 40.7 Å². The average molecular weight is 326 g/mol. The lowest BCUT2D eigenvalue weighted by molar-refractivity contribution is 0.0800. The minimum Gasteiger partial charge on any atom is -0.373 e. The normalized spacial score (nSPS) is 20.9. The van der Waals surface area contributed by atoms with E-state index >= 15 is 0 Å². The quantitative estimate of drug-likeness (QED) is 0.865. The molecule has 24 heavy (non-hydrogen) atoms. The van der Waals surface area contributed by atoms with Crippen LogP contribution in [0, 0.1) is 5.92 Å². The summed E-state index contributed by atoms with van der Waals surface area (Å²) in [6.07, 6.45) is 5.22. The summed E-state index contributed by atoms with van der Waals surface area (Å²) in [5.41, 5.74) is 5.95. The molecule has 1 aliphatic heterocycles. The average Bonchev–Trinajstić information content (AvgIpc) is 3.17. The number of hydrogen-bond acceptors (Lipinski definition) is 4. The molecule has 128 valence electrons. The second-order valence-corrected chi connectivity index (χ2v) is 7.59. The summed E-state index contributed by atoms with van der Waals surface area (Å²) in [6, 6.07) is 2.22. The maximum atomic E-state index is 5.52. The third-order valence-corrected chi connectivity index (χ3v) is 5.28. The fourth-order valence-electron chi connectivity index (χ4n) is 3.84. The van der Waals surface area contributed by atoms with Crippen LogP contribution in [0.1, 0.15) is 67.5 Å². The molecule has 0 N–H and O–H groups in total. The molecule has 0 bridgehead atoms. The zero-order valence-electron chi connectivity index (χ0n) is 14.8. The van der Waals surface area contributed by atoms with Crippen LogP contribution in [0.5, 0.6) is 0 Å². The molecule has 5 nitrogen and oxygen atoms in total. The number of fused-ring (bicyclic) bond motifs is 2. The maximum absolute atomic E-state index is 5.52. The third-order valence-electron chi connectivity index (χ3n) is 5.28. The first-order valence-electron chi connectivity index (χ1n) is 9.09. The fourth-order valence-corrected chi connectivity index (χ4v) is 3.84. The summed E-state index contributed by atoms with van der Waals surface area (Å²) in [5, 5.41) is 4.78. The molecule has 4 rings (SSSR count). The minimum atomic E-state index is 0.444. The molecule has 0 spiro atoms. The molecule has 0 fully saturated rings. The van der Waals surface area contributed by atoms with Crippen molar-refractivity contribution < 1.29 is 4.74 Å². The van der Waals surface area contributed by atoms with Crippen LogP contribution in [-0.4, -0.2) is 26.4 Å². The van der Waals surface area contributed by atoms with Gasteiger partial charge in [0, 0.05) is 12.1 Å². The van der Waals surface area contributed by atoms with E-state index in [2.05, 4.69) is 36.5 Å². The summed E-state index contributed by atoms with van der Waals surface area (Å²) in [5.74, 6) is 1.54. The second kappa shape index (κ2) is 6.28. The summed E-state index contributed by atoms with van der Waals surface area (Å²) >= 11 is 0. The standard InChI is InChI=1S/C19H26N4O/c1-12(2)19-10-20-17-7-14(8-18(17)21-19)6-13(3)16-9-15-11-24-5-4-23(15)22-16/h9-10,12-14H,4-8,11H2,1-3H3. The van der Waals surface area contributed by atoms with Crippen LogP contribution in [0.15, 0.2) is 12.3 Å². The summed E-state index contributed by atoms with van der Waals surface area (Å²) in [7, 11) is 0. The molecule has 2 aliphatic rings. The van der Waals surface area contributed by atoms with E-state index < -0.39 is 0 Å². The van der Waals surface area contributed by atoms with Gasteiger partial charge >= 0.3 is 0 Å². The van der Waals surface area contributed by atoms with Crippen molar-refractivity contribution in [2.24, 2.45) is 5.92 Å². The Hall–Kier alpha value is -1.75. The zero-order chi connectivity index (χ0) is 16.7. The molecule has 2 atom stereocenters. The van der Waals surface area contributed by atoms with E-state index in [1.54, 1.807) is 0 Å². The van der Waals surface area contributed by atoms with Crippen molar-refractivity contribution in [1.82, 2.24) is 19.7 Å². The van der Waals surface area contributed by atoms with Crippen LogP contribution in [0.25, 0.3) is 0 Å². The number of ether oxygens (including phenoxy) is 1. The lowest BCUT2D eigenvalue weighted by atomic mass is 9.92. The lowest BCUT2D eigenvalue weighted by Crippen LogP contribution is -2.17. The van der Waals surface area contributed by atoms with Crippen LogP contribution in [0.3, 0.4) is 0 Å². The van der Waals surface area contributed by atoms with E-state index in [1.165, 1.54) is 22.8 Å². The van der Waals surface area contributed by atoms with Gasteiger partial charge in [-0.15, -0.1) is 0 Å². The van der Waals surface area contributed by atoms with E-state index in [0.717, 1.165) is 38.1 Å². The Labute approximate surface area is 143 Å². The highest BCUT2D eigenvalue weighted by atomic mass is 16.5. The summed E-state index contributed by atoms with van der Waals surface area (Å²) in [6.45, 7) is 8.99. The van der Waals surface area contributed by atoms with Gasteiger partial charge in [0.1, 0.15) is 0 Å². The van der Waals surface area contributed by atoms with Gasteiger partial charge in [-0.2, -0.15) is 5.10 Å². The third kappa shape index (κ3) is 2.97. The smallest absolute Gasteiger partial charge is 0.0885 e. The highest BCUT2D eigenvalue weighted by Gasteiger charge is 2.27. The van der Waals surface area contributed by atoms with Crippen molar-refractivity contribution in [3.8, 4) is 0 Å². The van der Waals surface area contributed by atoms with Crippen LogP contribution in [0.2, 0.25) is 0 Å². The lowest BCUT2D eigenvalue weighted by Gasteiger charge is -2.14. The van der Waals surface area contributed by atoms with Crippen molar-refractivity contribution in [2.45, 2.75) is 65.0 Å². The van der Waals surface area contributed by atoms with E-state index in [9.17, 15) is 0 Å². The van der Waals surface area contributed by atoms with Crippen LogP contribution in [-0.2, 0) is 30.7 Å². The van der Waals surface area contributed by atoms with Crippen LogP contribution in [0.4, 0.5) is 0 Å². The Kier molecular flexibility index (Phi) is 4.12. The first-order chi connectivity index (χ1) is 11.6. The van der Waals surface area contributed by atoms with E-state index in [1.807, 2.05) is 6.20 Å². The molecule has 1 aliphatic carbocycles. The molecular weight excluding hydrogens is 300 g/mol. The van der Waals surface area contributed by atoms with Crippen molar-refractivity contribution in [3.63, 3.8) is 0 Å². The highest BCUT2D eigenvalue weighted by molar-refractivity contribution is 5.22.